The molecule has 3 aromatic rings. The van der Waals surface area contributed by atoms with Crippen LogP contribution in [0.15, 0.2) is 49.1 Å². The molecule has 8 heteroatoms. The Morgan fingerprint density at radius 2 is 2.05 bits per heavy atom. The number of benzene rings is 1. The van der Waals surface area contributed by atoms with Gasteiger partial charge in [-0.25, -0.2) is 19.0 Å². The molecule has 0 radical (unpaired) electrons. The molecular weight excluding hydrogens is 287 g/mol. The van der Waals surface area contributed by atoms with Crippen LogP contribution < -0.4 is 11.1 Å². The van der Waals surface area contributed by atoms with Crippen LogP contribution in [0.1, 0.15) is 10.5 Å². The van der Waals surface area contributed by atoms with Crippen LogP contribution in [0, 0.1) is 5.82 Å². The fourth-order valence-electron chi connectivity index (χ4n) is 1.90. The molecular formula is C14H11FN6O. The summed E-state index contributed by atoms with van der Waals surface area (Å²) < 4.78 is 15.5. The van der Waals surface area contributed by atoms with Crippen LogP contribution in [0.5, 0.6) is 0 Å². The fourth-order valence-corrected chi connectivity index (χ4v) is 1.90. The minimum atomic E-state index is -0.558. The largest absolute Gasteiger partial charge is 0.382 e. The van der Waals surface area contributed by atoms with Gasteiger partial charge in [0.2, 0.25) is 0 Å². The number of hydrogen-bond donors (Lipinski definition) is 2. The predicted octanol–water partition coefficient (Wildman–Crippen LogP) is 1.64. The second-order valence-corrected chi connectivity index (χ2v) is 4.36. The first-order chi connectivity index (χ1) is 10.6. The summed E-state index contributed by atoms with van der Waals surface area (Å²) in [6, 6.07) is 5.95. The molecule has 0 saturated carbocycles. The van der Waals surface area contributed by atoms with Gasteiger partial charge in [-0.15, -0.1) is 0 Å². The van der Waals surface area contributed by atoms with Gasteiger partial charge in [0.05, 0.1) is 0 Å². The van der Waals surface area contributed by atoms with E-state index in [-0.39, 0.29) is 22.9 Å². The topological polar surface area (TPSA) is 98.7 Å². The molecule has 0 bridgehead atoms. The zero-order valence-corrected chi connectivity index (χ0v) is 11.3. The van der Waals surface area contributed by atoms with Crippen LogP contribution in [0.2, 0.25) is 0 Å². The Bertz CT molecular complexity index is 818. The summed E-state index contributed by atoms with van der Waals surface area (Å²) in [6.45, 7) is 0. The Kier molecular flexibility index (Phi) is 3.48. The molecule has 0 aliphatic heterocycles. The second kappa shape index (κ2) is 5.60. The number of nitrogens with zero attached hydrogens (tertiary/aromatic N) is 4. The van der Waals surface area contributed by atoms with Gasteiger partial charge in [-0.2, -0.15) is 5.10 Å². The van der Waals surface area contributed by atoms with Crippen molar-refractivity contribution in [2.24, 2.45) is 0 Å². The molecule has 1 amide bonds. The van der Waals surface area contributed by atoms with E-state index in [0.29, 0.717) is 0 Å². The number of hydrogen-bond acceptors (Lipinski definition) is 5. The smallest absolute Gasteiger partial charge is 0.278 e. The van der Waals surface area contributed by atoms with Crippen LogP contribution in [0.4, 0.5) is 15.9 Å². The number of nitrogen functional groups attached to an aromatic ring is 1. The van der Waals surface area contributed by atoms with Crippen molar-refractivity contribution in [3.8, 4) is 5.69 Å². The zero-order valence-electron chi connectivity index (χ0n) is 11.3. The molecule has 0 aliphatic carbocycles. The van der Waals surface area contributed by atoms with Crippen LogP contribution in [0.25, 0.3) is 5.69 Å². The maximum absolute atomic E-state index is 14.1. The van der Waals surface area contributed by atoms with E-state index < -0.39 is 11.7 Å². The average Bonchev–Trinajstić information content (AvgIpc) is 3.01. The molecule has 3 N–H and O–H groups in total. The summed E-state index contributed by atoms with van der Waals surface area (Å²) >= 11 is 0. The van der Waals surface area contributed by atoms with Crippen molar-refractivity contribution < 1.29 is 9.18 Å². The lowest BCUT2D eigenvalue weighted by Gasteiger charge is -2.08. The van der Waals surface area contributed by atoms with E-state index in [1.807, 2.05) is 0 Å². The van der Waals surface area contributed by atoms with Crippen molar-refractivity contribution in [1.29, 1.82) is 0 Å². The highest BCUT2D eigenvalue weighted by molar-refractivity contribution is 6.05. The highest BCUT2D eigenvalue weighted by Gasteiger charge is 2.13. The predicted molar refractivity (Wildman–Crippen MR) is 77.9 cm³/mol. The minimum absolute atomic E-state index is 0.00799. The molecule has 2 aromatic heterocycles. The number of amides is 1. The first-order valence-electron chi connectivity index (χ1n) is 6.32. The lowest BCUT2D eigenvalue weighted by molar-refractivity contribution is 0.102. The standard InChI is InChI=1S/C14H11FN6O/c15-10-8-9(2-3-11(10)21-7-1-4-19-21)20-14(22)12-13(16)18-6-5-17-12/h1-8H,(H2,16,18)(H,20,22). The van der Waals surface area contributed by atoms with E-state index in [1.165, 1.54) is 29.2 Å². The van der Waals surface area contributed by atoms with Crippen LogP contribution in [0.3, 0.4) is 0 Å². The lowest BCUT2D eigenvalue weighted by Crippen LogP contribution is -2.16. The van der Waals surface area contributed by atoms with E-state index in [0.717, 1.165) is 0 Å². The Labute approximate surface area is 124 Å². The quantitative estimate of drug-likeness (QED) is 0.765. The van der Waals surface area contributed by atoms with Crippen LogP contribution in [-0.2, 0) is 0 Å². The number of halogens is 1. The van der Waals surface area contributed by atoms with Crippen molar-refractivity contribution in [2.75, 3.05) is 11.1 Å². The van der Waals surface area contributed by atoms with Gasteiger partial charge >= 0.3 is 0 Å². The second-order valence-electron chi connectivity index (χ2n) is 4.36. The summed E-state index contributed by atoms with van der Waals surface area (Å²) in [4.78, 5) is 19.6. The van der Waals surface area contributed by atoms with Gasteiger partial charge in [-0.3, -0.25) is 4.79 Å². The van der Waals surface area contributed by atoms with Crippen molar-refractivity contribution in [1.82, 2.24) is 19.7 Å². The summed E-state index contributed by atoms with van der Waals surface area (Å²) in [5.74, 6) is -1.07. The molecule has 0 saturated heterocycles. The molecule has 2 heterocycles. The minimum Gasteiger partial charge on any atom is -0.382 e. The molecule has 0 spiro atoms. The van der Waals surface area contributed by atoms with E-state index in [2.05, 4.69) is 20.4 Å². The number of anilines is 2. The molecule has 7 nitrogen and oxygen atoms in total. The van der Waals surface area contributed by atoms with Gasteiger partial charge in [0.15, 0.2) is 17.3 Å². The Hall–Kier alpha value is -3.29. The lowest BCUT2D eigenvalue weighted by atomic mass is 10.2. The number of carbonyl (C=O) groups excluding carboxylic acids is 1. The van der Waals surface area contributed by atoms with Crippen molar-refractivity contribution >= 4 is 17.4 Å². The van der Waals surface area contributed by atoms with E-state index in [4.69, 9.17) is 5.73 Å². The van der Waals surface area contributed by atoms with Gasteiger partial charge in [0.25, 0.3) is 5.91 Å². The van der Waals surface area contributed by atoms with E-state index in [1.54, 1.807) is 24.5 Å². The monoisotopic (exact) mass is 298 g/mol. The van der Waals surface area contributed by atoms with Crippen LogP contribution >= 0.6 is 0 Å². The van der Waals surface area contributed by atoms with Crippen molar-refractivity contribution in [3.05, 3.63) is 60.6 Å². The third-order valence-electron chi connectivity index (χ3n) is 2.90. The van der Waals surface area contributed by atoms with Gasteiger partial charge in [-0.05, 0) is 24.3 Å². The van der Waals surface area contributed by atoms with Crippen molar-refractivity contribution in [2.45, 2.75) is 0 Å². The molecule has 0 fully saturated rings. The molecule has 0 unspecified atom stereocenters. The van der Waals surface area contributed by atoms with Crippen molar-refractivity contribution in [3.63, 3.8) is 0 Å². The Morgan fingerprint density at radius 1 is 1.23 bits per heavy atom. The maximum Gasteiger partial charge on any atom is 0.278 e. The summed E-state index contributed by atoms with van der Waals surface area (Å²) in [5.41, 5.74) is 6.12. The average molecular weight is 298 g/mol. The van der Waals surface area contributed by atoms with Crippen LogP contribution in [-0.4, -0.2) is 25.7 Å². The fraction of sp³-hybridized carbons (Fsp3) is 0. The Morgan fingerprint density at radius 3 is 2.73 bits per heavy atom. The first kappa shape index (κ1) is 13.7. The van der Waals surface area contributed by atoms with Gasteiger partial charge in [-0.1, -0.05) is 0 Å². The summed E-state index contributed by atoms with van der Waals surface area (Å²) in [6.07, 6.45) is 5.90. The third kappa shape index (κ3) is 2.62. The molecule has 0 atom stereocenters. The van der Waals surface area contributed by atoms with Gasteiger partial charge < -0.3 is 11.1 Å². The Balaban J connectivity index is 1.83. The number of nitrogens with two attached hydrogens (primary N) is 1. The first-order valence-corrected chi connectivity index (χ1v) is 6.32. The number of carbonyl (C=O) groups is 1. The van der Waals surface area contributed by atoms with Gasteiger partial charge in [0, 0.05) is 30.5 Å². The maximum atomic E-state index is 14.1. The molecule has 22 heavy (non-hydrogen) atoms. The number of nitrogens with one attached hydrogen (secondary N) is 1. The summed E-state index contributed by atoms with van der Waals surface area (Å²) in [5, 5.41) is 6.47. The number of aromatic nitrogens is 4. The van der Waals surface area contributed by atoms with Gasteiger partial charge in [0.1, 0.15) is 5.69 Å². The highest BCUT2D eigenvalue weighted by Crippen LogP contribution is 2.18. The highest BCUT2D eigenvalue weighted by atomic mass is 19.1. The normalized spacial score (nSPS) is 10.4. The zero-order chi connectivity index (χ0) is 15.5. The third-order valence-corrected chi connectivity index (χ3v) is 2.90. The SMILES string of the molecule is Nc1nccnc1C(=O)Nc1ccc(-n2cccn2)c(F)c1. The molecule has 110 valence electrons. The number of rotatable bonds is 3. The summed E-state index contributed by atoms with van der Waals surface area (Å²) in [7, 11) is 0. The van der Waals surface area contributed by atoms with E-state index >= 15 is 0 Å². The molecule has 1 aromatic carbocycles. The molecule has 0 aliphatic rings. The molecule has 3 rings (SSSR count). The van der Waals surface area contributed by atoms with E-state index in [9.17, 15) is 9.18 Å².